The summed E-state index contributed by atoms with van der Waals surface area (Å²) in [5.41, 5.74) is -0.102. The molecule has 2 aromatic rings. The monoisotopic (exact) mass is 372 g/mol. The second kappa shape index (κ2) is 10.8. The average molecular weight is 373 g/mol. The fourth-order valence-corrected chi connectivity index (χ4v) is 2.74. The van der Waals surface area contributed by atoms with Crippen molar-refractivity contribution in [1.29, 1.82) is 0 Å². The zero-order valence-corrected chi connectivity index (χ0v) is 15.7. The molecule has 0 saturated heterocycles. The van der Waals surface area contributed by atoms with Gasteiger partial charge in [-0.05, 0) is 23.9 Å². The van der Waals surface area contributed by atoms with Crippen LogP contribution in [0.25, 0.3) is 0 Å². The van der Waals surface area contributed by atoms with E-state index in [1.54, 1.807) is 12.1 Å². The van der Waals surface area contributed by atoms with Crippen LogP contribution in [0.1, 0.15) is 10.4 Å². The Morgan fingerprint density at radius 1 is 1.22 bits per heavy atom. The molecule has 1 heterocycles. The SMILES string of the molecule is COc1cc(OC)nc(Sc2cccc(Cl)c2C(=O)[O-])n1.[Na+].[NaH]. The van der Waals surface area contributed by atoms with Crippen LogP contribution in [0.5, 0.6) is 11.8 Å². The van der Waals surface area contributed by atoms with Gasteiger partial charge in [-0.25, -0.2) is 0 Å². The second-order valence-corrected chi connectivity index (χ2v) is 5.15. The molecular formula is C13H11ClN2Na2O4S. The zero-order chi connectivity index (χ0) is 15.4. The number of benzene rings is 1. The van der Waals surface area contributed by atoms with Crippen LogP contribution >= 0.6 is 23.4 Å². The van der Waals surface area contributed by atoms with E-state index in [9.17, 15) is 9.90 Å². The van der Waals surface area contributed by atoms with Crippen LogP contribution in [-0.2, 0) is 0 Å². The molecular weight excluding hydrogens is 362 g/mol. The van der Waals surface area contributed by atoms with Gasteiger partial charge in [-0.2, -0.15) is 9.97 Å². The van der Waals surface area contributed by atoms with E-state index >= 15 is 0 Å². The van der Waals surface area contributed by atoms with Crippen molar-refractivity contribution in [1.82, 2.24) is 9.97 Å². The Balaban J connectivity index is 0.00000242. The van der Waals surface area contributed by atoms with Crippen molar-refractivity contribution >= 4 is 58.9 Å². The van der Waals surface area contributed by atoms with E-state index in [1.165, 1.54) is 26.4 Å². The van der Waals surface area contributed by atoms with E-state index in [-0.39, 0.29) is 74.9 Å². The van der Waals surface area contributed by atoms with Gasteiger partial charge in [-0.15, -0.1) is 0 Å². The van der Waals surface area contributed by atoms with Crippen LogP contribution in [0, 0.1) is 0 Å². The van der Waals surface area contributed by atoms with E-state index in [0.29, 0.717) is 16.7 Å². The van der Waals surface area contributed by atoms with E-state index in [1.807, 2.05) is 0 Å². The van der Waals surface area contributed by atoms with Gasteiger partial charge < -0.3 is 19.4 Å². The van der Waals surface area contributed by atoms with Gasteiger partial charge in [0.25, 0.3) is 0 Å². The first-order chi connectivity index (χ1) is 10.0. The number of aromatic carboxylic acids is 1. The van der Waals surface area contributed by atoms with Gasteiger partial charge in [0.1, 0.15) is 0 Å². The van der Waals surface area contributed by atoms with Crippen molar-refractivity contribution < 1.29 is 48.9 Å². The van der Waals surface area contributed by atoms with Gasteiger partial charge in [0, 0.05) is 10.5 Å². The molecule has 6 nitrogen and oxygen atoms in total. The Morgan fingerprint density at radius 2 is 1.78 bits per heavy atom. The maximum absolute atomic E-state index is 11.2. The number of hydrogen-bond acceptors (Lipinski definition) is 7. The van der Waals surface area contributed by atoms with Crippen LogP contribution < -0.4 is 44.1 Å². The summed E-state index contributed by atoms with van der Waals surface area (Å²) in [6, 6.07) is 6.22. The van der Waals surface area contributed by atoms with Crippen molar-refractivity contribution in [3.8, 4) is 11.8 Å². The quantitative estimate of drug-likeness (QED) is 0.444. The van der Waals surface area contributed by atoms with E-state index in [4.69, 9.17) is 21.1 Å². The van der Waals surface area contributed by atoms with Crippen molar-refractivity contribution in [2.24, 2.45) is 0 Å². The van der Waals surface area contributed by atoms with Crippen LogP contribution in [0.15, 0.2) is 34.3 Å². The number of ether oxygens (including phenoxy) is 2. The number of carbonyl (C=O) groups excluding carboxylic acids is 1. The second-order valence-electron chi connectivity index (χ2n) is 3.74. The van der Waals surface area contributed by atoms with Crippen molar-refractivity contribution in [2.45, 2.75) is 10.1 Å². The molecule has 0 aliphatic heterocycles. The summed E-state index contributed by atoms with van der Waals surface area (Å²) in [4.78, 5) is 19.8. The molecule has 23 heavy (non-hydrogen) atoms. The molecule has 0 radical (unpaired) electrons. The minimum atomic E-state index is -1.36. The summed E-state index contributed by atoms with van der Waals surface area (Å²) in [6.45, 7) is 0. The van der Waals surface area contributed by atoms with Crippen molar-refractivity contribution in [3.63, 3.8) is 0 Å². The number of aromatic nitrogens is 2. The summed E-state index contributed by atoms with van der Waals surface area (Å²) in [5, 5.41) is 11.5. The number of nitrogens with zero attached hydrogens (tertiary/aromatic N) is 2. The van der Waals surface area contributed by atoms with Crippen LogP contribution in [0.4, 0.5) is 0 Å². The molecule has 112 valence electrons. The number of carboxylic acids is 1. The van der Waals surface area contributed by atoms with Crippen LogP contribution in [0.2, 0.25) is 5.02 Å². The van der Waals surface area contributed by atoms with E-state index in [0.717, 1.165) is 11.8 Å². The Kier molecular flexibility index (Phi) is 10.8. The minimum absolute atomic E-state index is 0. The molecule has 0 atom stereocenters. The number of rotatable bonds is 5. The van der Waals surface area contributed by atoms with Gasteiger partial charge in [0.2, 0.25) is 11.8 Å². The van der Waals surface area contributed by atoms with Gasteiger partial charge >= 0.3 is 59.1 Å². The molecule has 0 aliphatic carbocycles. The standard InChI is InChI=1S/C13H11ClN2O4S.2Na.H/c1-19-9-6-10(20-2)16-13(15-9)21-8-5-3-4-7(14)11(8)12(17)18;;;/h3-6H,1-2H3,(H,17,18);;;/q;;+1;/p-1. The number of carboxylic acid groups (broad SMARTS) is 1. The molecule has 0 saturated carbocycles. The predicted octanol–water partition coefficient (Wildman–Crippen LogP) is -1.98. The van der Waals surface area contributed by atoms with Gasteiger partial charge in [0.05, 0.1) is 31.3 Å². The molecule has 1 aromatic heterocycles. The Hall–Kier alpha value is 0.0100. The molecule has 0 spiro atoms. The number of halogens is 1. The summed E-state index contributed by atoms with van der Waals surface area (Å²) < 4.78 is 10.1. The first kappa shape index (κ1) is 23.0. The van der Waals surface area contributed by atoms with Gasteiger partial charge in [0.15, 0.2) is 5.16 Å². The first-order valence-corrected chi connectivity index (χ1v) is 6.89. The number of methoxy groups -OCH3 is 2. The van der Waals surface area contributed by atoms with Gasteiger partial charge in [-0.1, -0.05) is 17.7 Å². The zero-order valence-electron chi connectivity index (χ0n) is 12.1. The normalized spacial score (nSPS) is 9.35. The summed E-state index contributed by atoms with van der Waals surface area (Å²) in [6.07, 6.45) is 0. The summed E-state index contributed by atoms with van der Waals surface area (Å²) >= 11 is 6.91. The van der Waals surface area contributed by atoms with Crippen LogP contribution in [-0.4, -0.2) is 59.7 Å². The molecule has 10 heteroatoms. The number of carbonyl (C=O) groups is 1. The summed E-state index contributed by atoms with van der Waals surface area (Å²) in [5.74, 6) is -0.749. The molecule has 0 unspecified atom stereocenters. The Morgan fingerprint density at radius 3 is 2.26 bits per heavy atom. The third kappa shape index (κ3) is 6.10. The first-order valence-electron chi connectivity index (χ1n) is 5.70. The van der Waals surface area contributed by atoms with Crippen molar-refractivity contribution in [3.05, 3.63) is 34.9 Å². The molecule has 0 N–H and O–H groups in total. The molecule has 0 fully saturated rings. The summed E-state index contributed by atoms with van der Waals surface area (Å²) in [7, 11) is 2.92. The average Bonchev–Trinajstić information content (AvgIpc) is 2.46. The molecule has 0 amide bonds. The molecule has 0 aliphatic rings. The Labute approximate surface area is 186 Å². The Bertz CT molecular complexity index is 669. The predicted molar refractivity (Wildman–Crippen MR) is 82.2 cm³/mol. The maximum atomic E-state index is 11.2. The topological polar surface area (TPSA) is 84.4 Å². The third-order valence-electron chi connectivity index (χ3n) is 2.46. The molecule has 1 aromatic carbocycles. The third-order valence-corrected chi connectivity index (χ3v) is 3.70. The van der Waals surface area contributed by atoms with Crippen molar-refractivity contribution in [2.75, 3.05) is 14.2 Å². The molecule has 0 bridgehead atoms. The van der Waals surface area contributed by atoms with E-state index in [2.05, 4.69) is 9.97 Å². The van der Waals surface area contributed by atoms with E-state index < -0.39 is 5.97 Å². The fourth-order valence-electron chi connectivity index (χ4n) is 1.52. The van der Waals surface area contributed by atoms with Gasteiger partial charge in [-0.3, -0.25) is 0 Å². The van der Waals surface area contributed by atoms with Crippen LogP contribution in [0.3, 0.4) is 0 Å². The fraction of sp³-hybridized carbons (Fsp3) is 0.154. The molecule has 2 rings (SSSR count). The number of hydrogen-bond donors (Lipinski definition) is 0.